The molecule has 0 fully saturated rings. The van der Waals surface area contributed by atoms with Crippen LogP contribution in [0.4, 0.5) is 8.78 Å². The van der Waals surface area contributed by atoms with Crippen LogP contribution in [0.3, 0.4) is 0 Å². The summed E-state index contributed by atoms with van der Waals surface area (Å²) in [5, 5.41) is 0.640. The molecule has 0 spiro atoms. The third kappa shape index (κ3) is 2.73. The van der Waals surface area contributed by atoms with Crippen molar-refractivity contribution >= 4 is 23.2 Å². The van der Waals surface area contributed by atoms with Crippen LogP contribution in [0.25, 0.3) is 0 Å². The molecule has 2 N–H and O–H groups in total. The second-order valence-electron chi connectivity index (χ2n) is 4.24. The van der Waals surface area contributed by atoms with E-state index in [1.54, 1.807) is 18.2 Å². The summed E-state index contributed by atoms with van der Waals surface area (Å²) >= 11 is 12.0. The van der Waals surface area contributed by atoms with Crippen molar-refractivity contribution in [3.8, 4) is 0 Å². The van der Waals surface area contributed by atoms with Crippen molar-refractivity contribution in [2.24, 2.45) is 5.73 Å². The van der Waals surface area contributed by atoms with E-state index in [1.807, 2.05) is 0 Å². The van der Waals surface area contributed by atoms with Gasteiger partial charge in [0.25, 0.3) is 0 Å². The number of benzene rings is 2. The minimum absolute atomic E-state index is 0.0260. The molecule has 0 radical (unpaired) electrons. The minimum Gasteiger partial charge on any atom is -0.320 e. The molecule has 0 amide bonds. The lowest BCUT2D eigenvalue weighted by Gasteiger charge is -2.17. The highest BCUT2D eigenvalue weighted by Gasteiger charge is 2.20. The number of halogens is 4. The van der Waals surface area contributed by atoms with E-state index >= 15 is 0 Å². The Morgan fingerprint density at radius 2 is 1.63 bits per heavy atom. The van der Waals surface area contributed by atoms with Crippen LogP contribution in [0.5, 0.6) is 0 Å². The Morgan fingerprint density at radius 1 is 1.05 bits per heavy atom. The maximum atomic E-state index is 13.9. The summed E-state index contributed by atoms with van der Waals surface area (Å²) in [7, 11) is 0. The van der Waals surface area contributed by atoms with Crippen molar-refractivity contribution in [3.05, 3.63) is 68.7 Å². The van der Waals surface area contributed by atoms with Crippen LogP contribution in [0, 0.1) is 18.6 Å². The van der Waals surface area contributed by atoms with Crippen molar-refractivity contribution in [3.63, 3.8) is 0 Å². The SMILES string of the molecule is Cc1cc(F)c(C(N)c2c(Cl)cccc2Cl)cc1F. The zero-order chi connectivity index (χ0) is 14.2. The molecule has 0 aromatic heterocycles. The van der Waals surface area contributed by atoms with Gasteiger partial charge in [0.15, 0.2) is 0 Å². The maximum absolute atomic E-state index is 13.9. The normalized spacial score (nSPS) is 12.5. The fraction of sp³-hybridized carbons (Fsp3) is 0.143. The summed E-state index contributed by atoms with van der Waals surface area (Å²) in [5.74, 6) is -1.10. The highest BCUT2D eigenvalue weighted by Crippen LogP contribution is 2.34. The van der Waals surface area contributed by atoms with Gasteiger partial charge in [0, 0.05) is 21.2 Å². The molecule has 0 aliphatic rings. The Morgan fingerprint density at radius 3 is 2.21 bits per heavy atom. The Labute approximate surface area is 119 Å². The first-order valence-electron chi connectivity index (χ1n) is 5.57. The van der Waals surface area contributed by atoms with E-state index < -0.39 is 17.7 Å². The molecule has 0 saturated heterocycles. The summed E-state index contributed by atoms with van der Waals surface area (Å²) in [6, 6.07) is 6.13. The zero-order valence-electron chi connectivity index (χ0n) is 10.1. The molecule has 100 valence electrons. The van der Waals surface area contributed by atoms with Gasteiger partial charge >= 0.3 is 0 Å². The molecule has 5 heteroatoms. The molecule has 1 atom stereocenters. The van der Waals surface area contributed by atoms with Gasteiger partial charge in [-0.05, 0) is 36.8 Å². The van der Waals surface area contributed by atoms with Crippen molar-refractivity contribution in [2.45, 2.75) is 13.0 Å². The van der Waals surface area contributed by atoms with Crippen LogP contribution in [-0.2, 0) is 0 Å². The molecule has 2 aromatic carbocycles. The van der Waals surface area contributed by atoms with E-state index in [0.717, 1.165) is 12.1 Å². The first-order chi connectivity index (χ1) is 8.91. The standard InChI is InChI=1S/C14H11Cl2F2N/c1-7-5-12(18)8(6-11(7)17)14(19)13-9(15)3-2-4-10(13)16/h2-6,14H,19H2,1H3. The summed E-state index contributed by atoms with van der Waals surface area (Å²) < 4.78 is 27.4. The highest BCUT2D eigenvalue weighted by atomic mass is 35.5. The number of hydrogen-bond acceptors (Lipinski definition) is 1. The van der Waals surface area contributed by atoms with Crippen LogP contribution in [0.15, 0.2) is 30.3 Å². The third-order valence-corrected chi connectivity index (χ3v) is 3.58. The molecule has 2 rings (SSSR count). The largest absolute Gasteiger partial charge is 0.320 e. The van der Waals surface area contributed by atoms with Gasteiger partial charge in [0.1, 0.15) is 11.6 Å². The topological polar surface area (TPSA) is 26.0 Å². The lowest BCUT2D eigenvalue weighted by Crippen LogP contribution is -2.15. The first-order valence-corrected chi connectivity index (χ1v) is 6.32. The Hall–Kier alpha value is -1.16. The molecule has 1 unspecified atom stereocenters. The Bertz CT molecular complexity index is 609. The summed E-state index contributed by atoms with van der Waals surface area (Å²) in [5.41, 5.74) is 6.59. The number of aryl methyl sites for hydroxylation is 1. The van der Waals surface area contributed by atoms with E-state index in [-0.39, 0.29) is 11.1 Å². The van der Waals surface area contributed by atoms with Crippen molar-refractivity contribution in [2.75, 3.05) is 0 Å². The summed E-state index contributed by atoms with van der Waals surface area (Å²) in [4.78, 5) is 0. The van der Waals surface area contributed by atoms with Crippen LogP contribution in [-0.4, -0.2) is 0 Å². The second kappa shape index (κ2) is 5.45. The highest BCUT2D eigenvalue weighted by molar-refractivity contribution is 6.36. The molecule has 1 nitrogen and oxygen atoms in total. The van der Waals surface area contributed by atoms with Gasteiger partial charge < -0.3 is 5.73 Å². The van der Waals surface area contributed by atoms with Gasteiger partial charge in [-0.3, -0.25) is 0 Å². The minimum atomic E-state index is -0.920. The van der Waals surface area contributed by atoms with Gasteiger partial charge in [0.05, 0.1) is 6.04 Å². The predicted molar refractivity (Wildman–Crippen MR) is 73.6 cm³/mol. The Balaban J connectivity index is 2.56. The molecular formula is C14H11Cl2F2N. The van der Waals surface area contributed by atoms with Gasteiger partial charge in [-0.2, -0.15) is 0 Å². The molecule has 0 saturated carbocycles. The Kier molecular flexibility index (Phi) is 4.09. The monoisotopic (exact) mass is 301 g/mol. The lowest BCUT2D eigenvalue weighted by atomic mass is 9.97. The molecular weight excluding hydrogens is 291 g/mol. The summed E-state index contributed by atoms with van der Waals surface area (Å²) in [6.45, 7) is 1.48. The zero-order valence-corrected chi connectivity index (χ0v) is 11.6. The van der Waals surface area contributed by atoms with Gasteiger partial charge in [-0.15, -0.1) is 0 Å². The number of rotatable bonds is 2. The van der Waals surface area contributed by atoms with E-state index in [4.69, 9.17) is 28.9 Å². The first kappa shape index (κ1) is 14.3. The molecule has 2 aromatic rings. The lowest BCUT2D eigenvalue weighted by molar-refractivity contribution is 0.571. The summed E-state index contributed by atoms with van der Waals surface area (Å²) in [6.07, 6.45) is 0. The molecule has 0 heterocycles. The fourth-order valence-corrected chi connectivity index (χ4v) is 2.50. The molecule has 0 aliphatic heterocycles. The van der Waals surface area contributed by atoms with E-state index in [2.05, 4.69) is 0 Å². The van der Waals surface area contributed by atoms with Gasteiger partial charge in [-0.1, -0.05) is 29.3 Å². The molecule has 0 aliphatic carbocycles. The third-order valence-electron chi connectivity index (χ3n) is 2.92. The van der Waals surface area contributed by atoms with Crippen molar-refractivity contribution in [1.29, 1.82) is 0 Å². The van der Waals surface area contributed by atoms with Crippen LogP contribution in [0.1, 0.15) is 22.7 Å². The van der Waals surface area contributed by atoms with Gasteiger partial charge in [0.2, 0.25) is 0 Å². The fourth-order valence-electron chi connectivity index (χ4n) is 1.86. The van der Waals surface area contributed by atoms with Crippen LogP contribution < -0.4 is 5.73 Å². The second-order valence-corrected chi connectivity index (χ2v) is 5.05. The van der Waals surface area contributed by atoms with Crippen molar-refractivity contribution in [1.82, 2.24) is 0 Å². The molecule has 0 bridgehead atoms. The van der Waals surface area contributed by atoms with E-state index in [1.165, 1.54) is 6.92 Å². The van der Waals surface area contributed by atoms with Crippen LogP contribution in [0.2, 0.25) is 10.0 Å². The van der Waals surface area contributed by atoms with Crippen molar-refractivity contribution < 1.29 is 8.78 Å². The number of hydrogen-bond donors (Lipinski definition) is 1. The number of nitrogens with two attached hydrogens (primary N) is 1. The average molecular weight is 302 g/mol. The smallest absolute Gasteiger partial charge is 0.128 e. The average Bonchev–Trinajstić information content (AvgIpc) is 2.33. The van der Waals surface area contributed by atoms with E-state index in [0.29, 0.717) is 15.6 Å². The molecule has 19 heavy (non-hydrogen) atoms. The van der Waals surface area contributed by atoms with Gasteiger partial charge in [-0.25, -0.2) is 8.78 Å². The predicted octanol–water partition coefficient (Wildman–Crippen LogP) is 4.63. The van der Waals surface area contributed by atoms with E-state index in [9.17, 15) is 8.78 Å². The van der Waals surface area contributed by atoms with Crippen LogP contribution >= 0.6 is 23.2 Å². The maximum Gasteiger partial charge on any atom is 0.128 e. The quantitative estimate of drug-likeness (QED) is 0.860.